The van der Waals surface area contributed by atoms with Crippen molar-refractivity contribution in [3.05, 3.63) is 29.1 Å². The van der Waals surface area contributed by atoms with Gasteiger partial charge in [-0.1, -0.05) is 0 Å². The first kappa shape index (κ1) is 11.5. The lowest BCUT2D eigenvalue weighted by molar-refractivity contribution is -0.138. The number of carbonyl (C=O) groups is 1. The Balaban J connectivity index is 3.24. The van der Waals surface area contributed by atoms with Gasteiger partial charge in [0.05, 0.1) is 5.92 Å². The fourth-order valence-corrected chi connectivity index (χ4v) is 1.42. The number of rotatable bonds is 3. The van der Waals surface area contributed by atoms with Crippen LogP contribution in [0.25, 0.3) is 0 Å². The summed E-state index contributed by atoms with van der Waals surface area (Å²) in [7, 11) is 0. The van der Waals surface area contributed by atoms with E-state index in [1.807, 2.05) is 0 Å². The first-order valence-electron chi connectivity index (χ1n) is 4.39. The normalized spacial score (nSPS) is 12.5. The second-order valence-electron chi connectivity index (χ2n) is 3.29. The van der Waals surface area contributed by atoms with Gasteiger partial charge in [-0.05, 0) is 30.2 Å². The van der Waals surface area contributed by atoms with Crippen LogP contribution in [0.2, 0.25) is 0 Å². The van der Waals surface area contributed by atoms with Gasteiger partial charge >= 0.3 is 5.97 Å². The number of aryl methyl sites for hydroxylation is 1. The maximum absolute atomic E-state index is 13.0. The summed E-state index contributed by atoms with van der Waals surface area (Å²) >= 11 is 0. The Morgan fingerprint density at radius 1 is 1.60 bits per heavy atom. The topological polar surface area (TPSA) is 83.5 Å². The predicted molar refractivity (Wildman–Crippen MR) is 52.2 cm³/mol. The summed E-state index contributed by atoms with van der Waals surface area (Å²) in [5.74, 6) is -3.38. The molecule has 4 N–H and O–H groups in total. The van der Waals surface area contributed by atoms with Gasteiger partial charge in [-0.3, -0.25) is 4.79 Å². The largest absolute Gasteiger partial charge is 0.505 e. The lowest BCUT2D eigenvalue weighted by Crippen LogP contribution is -2.22. The van der Waals surface area contributed by atoms with Crippen LogP contribution in [0.5, 0.6) is 5.75 Å². The molecule has 1 aromatic carbocycles. The molecule has 0 aliphatic heterocycles. The second-order valence-corrected chi connectivity index (χ2v) is 3.29. The van der Waals surface area contributed by atoms with Crippen molar-refractivity contribution in [3.63, 3.8) is 0 Å². The fraction of sp³-hybridized carbons (Fsp3) is 0.300. The highest BCUT2D eigenvalue weighted by molar-refractivity contribution is 5.77. The van der Waals surface area contributed by atoms with Gasteiger partial charge in [0.15, 0.2) is 11.6 Å². The van der Waals surface area contributed by atoms with E-state index in [1.165, 1.54) is 6.07 Å². The Hall–Kier alpha value is -1.62. The highest BCUT2D eigenvalue weighted by atomic mass is 19.1. The van der Waals surface area contributed by atoms with Gasteiger partial charge in [-0.2, -0.15) is 0 Å². The molecule has 0 heterocycles. The number of benzene rings is 1. The van der Waals surface area contributed by atoms with E-state index in [9.17, 15) is 9.18 Å². The van der Waals surface area contributed by atoms with Crippen LogP contribution in [0.1, 0.15) is 17.0 Å². The molecule has 0 saturated heterocycles. The quantitative estimate of drug-likeness (QED) is 0.698. The number of hydrogen-bond donors (Lipinski definition) is 3. The van der Waals surface area contributed by atoms with Gasteiger partial charge in [0.25, 0.3) is 0 Å². The number of aromatic hydroxyl groups is 1. The molecule has 1 unspecified atom stereocenters. The van der Waals surface area contributed by atoms with E-state index in [1.54, 1.807) is 6.92 Å². The zero-order chi connectivity index (χ0) is 11.6. The molecule has 82 valence electrons. The summed E-state index contributed by atoms with van der Waals surface area (Å²) in [5.41, 5.74) is 6.10. The van der Waals surface area contributed by atoms with E-state index in [2.05, 4.69) is 0 Å². The summed E-state index contributed by atoms with van der Waals surface area (Å²) < 4.78 is 13.0. The molecular formula is C10H12FNO3. The van der Waals surface area contributed by atoms with Crippen molar-refractivity contribution in [2.45, 2.75) is 12.8 Å². The number of halogens is 1. The van der Waals surface area contributed by atoms with Gasteiger partial charge in [-0.25, -0.2) is 4.39 Å². The average molecular weight is 213 g/mol. The predicted octanol–water partition coefficient (Wildman–Crippen LogP) is 0.967. The Labute approximate surface area is 86.1 Å². The monoisotopic (exact) mass is 213 g/mol. The molecule has 0 amide bonds. The van der Waals surface area contributed by atoms with Crippen molar-refractivity contribution in [1.82, 2.24) is 0 Å². The van der Waals surface area contributed by atoms with Crippen LogP contribution in [0.4, 0.5) is 4.39 Å². The summed E-state index contributed by atoms with van der Waals surface area (Å²) in [6.07, 6.45) is 0. The minimum atomic E-state index is -1.11. The second kappa shape index (κ2) is 4.27. The van der Waals surface area contributed by atoms with Crippen molar-refractivity contribution in [2.75, 3.05) is 6.54 Å². The molecule has 1 aromatic rings. The lowest BCUT2D eigenvalue weighted by Gasteiger charge is -2.13. The molecule has 5 heteroatoms. The van der Waals surface area contributed by atoms with E-state index in [4.69, 9.17) is 15.9 Å². The zero-order valence-electron chi connectivity index (χ0n) is 8.20. The van der Waals surface area contributed by atoms with E-state index in [0.29, 0.717) is 11.1 Å². The summed E-state index contributed by atoms with van der Waals surface area (Å²) in [4.78, 5) is 10.8. The fourth-order valence-electron chi connectivity index (χ4n) is 1.42. The first-order chi connectivity index (χ1) is 6.97. The average Bonchev–Trinajstić information content (AvgIpc) is 2.14. The Morgan fingerprint density at radius 3 is 2.67 bits per heavy atom. The van der Waals surface area contributed by atoms with Crippen LogP contribution in [-0.2, 0) is 4.79 Å². The Bertz CT molecular complexity index is 392. The SMILES string of the molecule is Cc1cc(O)c(F)cc1C(CN)C(=O)O. The van der Waals surface area contributed by atoms with Crippen molar-refractivity contribution < 1.29 is 19.4 Å². The van der Waals surface area contributed by atoms with Gasteiger partial charge in [0, 0.05) is 6.54 Å². The number of hydrogen-bond acceptors (Lipinski definition) is 3. The minimum Gasteiger partial charge on any atom is -0.505 e. The number of carboxylic acids is 1. The third-order valence-corrected chi connectivity index (χ3v) is 2.24. The standard InChI is InChI=1S/C10H12FNO3/c1-5-2-9(13)8(11)3-6(5)7(4-12)10(14)15/h2-3,7,13H,4,12H2,1H3,(H,14,15). The molecule has 0 radical (unpaired) electrons. The molecule has 0 spiro atoms. The molecule has 0 fully saturated rings. The number of phenolic OH excluding ortho intramolecular Hbond substituents is 1. The maximum atomic E-state index is 13.0. The van der Waals surface area contributed by atoms with E-state index < -0.39 is 23.5 Å². The third kappa shape index (κ3) is 2.24. The molecule has 0 aromatic heterocycles. The smallest absolute Gasteiger partial charge is 0.312 e. The van der Waals surface area contributed by atoms with E-state index in [0.717, 1.165) is 6.07 Å². The maximum Gasteiger partial charge on any atom is 0.312 e. The molecule has 0 saturated carbocycles. The van der Waals surface area contributed by atoms with Crippen molar-refractivity contribution in [1.29, 1.82) is 0 Å². The molecular weight excluding hydrogens is 201 g/mol. The number of carboxylic acid groups (broad SMARTS) is 1. The highest BCUT2D eigenvalue weighted by Crippen LogP contribution is 2.26. The lowest BCUT2D eigenvalue weighted by atomic mass is 9.94. The van der Waals surface area contributed by atoms with Crippen molar-refractivity contribution >= 4 is 5.97 Å². The van der Waals surface area contributed by atoms with Gasteiger partial charge in [-0.15, -0.1) is 0 Å². The molecule has 1 atom stereocenters. The summed E-state index contributed by atoms with van der Waals surface area (Å²) in [6.45, 7) is 1.49. The molecule has 15 heavy (non-hydrogen) atoms. The zero-order valence-corrected chi connectivity index (χ0v) is 8.20. The number of phenols is 1. The van der Waals surface area contributed by atoms with Crippen LogP contribution in [0.3, 0.4) is 0 Å². The Kier molecular flexibility index (Phi) is 3.26. The number of aliphatic carboxylic acids is 1. The van der Waals surface area contributed by atoms with Crippen LogP contribution in [-0.4, -0.2) is 22.7 Å². The summed E-state index contributed by atoms with van der Waals surface area (Å²) in [6, 6.07) is 2.20. The van der Waals surface area contributed by atoms with Crippen molar-refractivity contribution in [2.24, 2.45) is 5.73 Å². The highest BCUT2D eigenvalue weighted by Gasteiger charge is 2.21. The van der Waals surface area contributed by atoms with E-state index in [-0.39, 0.29) is 6.54 Å². The van der Waals surface area contributed by atoms with Gasteiger partial charge < -0.3 is 15.9 Å². The van der Waals surface area contributed by atoms with Crippen molar-refractivity contribution in [3.8, 4) is 5.75 Å². The number of nitrogens with two attached hydrogens (primary N) is 1. The van der Waals surface area contributed by atoms with Crippen LogP contribution < -0.4 is 5.73 Å². The Morgan fingerprint density at radius 2 is 2.20 bits per heavy atom. The molecule has 1 rings (SSSR count). The van der Waals surface area contributed by atoms with Gasteiger partial charge in [0.2, 0.25) is 0 Å². The molecule has 0 bridgehead atoms. The molecule has 0 aliphatic rings. The summed E-state index contributed by atoms with van der Waals surface area (Å²) in [5, 5.41) is 17.9. The third-order valence-electron chi connectivity index (χ3n) is 2.24. The van der Waals surface area contributed by atoms with Gasteiger partial charge in [0.1, 0.15) is 0 Å². The van der Waals surface area contributed by atoms with Crippen LogP contribution >= 0.6 is 0 Å². The molecule has 4 nitrogen and oxygen atoms in total. The minimum absolute atomic E-state index is 0.111. The van der Waals surface area contributed by atoms with E-state index >= 15 is 0 Å². The molecule has 0 aliphatic carbocycles. The first-order valence-corrected chi connectivity index (χ1v) is 4.39. The van der Waals surface area contributed by atoms with Crippen LogP contribution in [0, 0.1) is 12.7 Å². The van der Waals surface area contributed by atoms with Crippen LogP contribution in [0.15, 0.2) is 12.1 Å².